The van der Waals surface area contributed by atoms with Gasteiger partial charge >= 0.3 is 5.97 Å². The topological polar surface area (TPSA) is 55.8 Å². The molecule has 1 aromatic carbocycles. The van der Waals surface area contributed by atoms with E-state index in [0.29, 0.717) is 0 Å². The van der Waals surface area contributed by atoms with Crippen LogP contribution in [0.15, 0.2) is 6.07 Å². The number of hydrogen-bond acceptors (Lipinski definition) is 3. The van der Waals surface area contributed by atoms with E-state index in [9.17, 15) is 9.18 Å². The number of methoxy groups -OCH3 is 2. The molecule has 0 bridgehead atoms. The smallest absolute Gasteiger partial charge is 0.339 e. The predicted molar refractivity (Wildman–Crippen MR) is 51.2 cm³/mol. The van der Waals surface area contributed by atoms with Gasteiger partial charge in [-0.3, -0.25) is 0 Å². The number of hydrogen-bond donors (Lipinski definition) is 1. The number of rotatable bonds is 3. The molecule has 82 valence electrons. The van der Waals surface area contributed by atoms with Crippen LogP contribution in [0.2, 0.25) is 0 Å². The third kappa shape index (κ3) is 1.86. The van der Waals surface area contributed by atoms with Crippen molar-refractivity contribution in [2.45, 2.75) is 6.92 Å². The molecule has 1 N–H and O–H groups in total. The van der Waals surface area contributed by atoms with E-state index in [1.807, 2.05) is 0 Å². The molecule has 0 spiro atoms. The minimum atomic E-state index is -1.18. The first-order valence-electron chi connectivity index (χ1n) is 4.17. The lowest BCUT2D eigenvalue weighted by Gasteiger charge is -2.13. The van der Waals surface area contributed by atoms with Crippen LogP contribution in [0.1, 0.15) is 15.9 Å². The van der Waals surface area contributed by atoms with Crippen LogP contribution in [0.3, 0.4) is 0 Å². The molecular weight excluding hydrogens is 203 g/mol. The van der Waals surface area contributed by atoms with Crippen LogP contribution in [0.5, 0.6) is 11.5 Å². The van der Waals surface area contributed by atoms with Gasteiger partial charge in [0, 0.05) is 0 Å². The second-order valence-electron chi connectivity index (χ2n) is 2.92. The van der Waals surface area contributed by atoms with Crippen molar-refractivity contribution in [1.82, 2.24) is 0 Å². The van der Waals surface area contributed by atoms with E-state index in [1.54, 1.807) is 0 Å². The Morgan fingerprint density at radius 2 is 1.87 bits per heavy atom. The second-order valence-corrected chi connectivity index (χ2v) is 2.92. The third-order valence-corrected chi connectivity index (χ3v) is 2.01. The quantitative estimate of drug-likeness (QED) is 0.834. The van der Waals surface area contributed by atoms with Gasteiger partial charge < -0.3 is 14.6 Å². The van der Waals surface area contributed by atoms with Crippen molar-refractivity contribution in [3.05, 3.63) is 23.0 Å². The summed E-state index contributed by atoms with van der Waals surface area (Å²) in [4.78, 5) is 10.9. The molecular formula is C10H11FO4. The highest BCUT2D eigenvalue weighted by Gasteiger charge is 2.22. The highest BCUT2D eigenvalue weighted by molar-refractivity contribution is 5.93. The molecule has 0 unspecified atom stereocenters. The minimum absolute atomic E-state index is 0.0873. The lowest BCUT2D eigenvalue weighted by Crippen LogP contribution is -2.06. The molecule has 4 nitrogen and oxygen atoms in total. The largest absolute Gasteiger partial charge is 0.492 e. The lowest BCUT2D eigenvalue weighted by molar-refractivity contribution is 0.0691. The molecule has 15 heavy (non-hydrogen) atoms. The highest BCUT2D eigenvalue weighted by atomic mass is 19.1. The van der Waals surface area contributed by atoms with E-state index in [-0.39, 0.29) is 22.6 Å². The summed E-state index contributed by atoms with van der Waals surface area (Å²) < 4.78 is 22.9. The van der Waals surface area contributed by atoms with Crippen molar-refractivity contribution in [3.63, 3.8) is 0 Å². The van der Waals surface area contributed by atoms with Gasteiger partial charge in [0.15, 0.2) is 17.3 Å². The third-order valence-electron chi connectivity index (χ3n) is 2.01. The average Bonchev–Trinajstić information content (AvgIpc) is 2.15. The van der Waals surface area contributed by atoms with Crippen LogP contribution in [0.4, 0.5) is 4.39 Å². The number of ether oxygens (including phenoxy) is 2. The van der Waals surface area contributed by atoms with Gasteiger partial charge in [-0.05, 0) is 18.6 Å². The van der Waals surface area contributed by atoms with Crippen molar-refractivity contribution in [2.75, 3.05) is 14.2 Å². The first-order chi connectivity index (χ1) is 7.02. The zero-order valence-electron chi connectivity index (χ0n) is 8.63. The normalized spacial score (nSPS) is 9.87. The Balaban J connectivity index is 3.56. The van der Waals surface area contributed by atoms with Gasteiger partial charge in [0.2, 0.25) is 0 Å². The first kappa shape index (κ1) is 11.3. The maximum absolute atomic E-state index is 13.3. The zero-order valence-corrected chi connectivity index (χ0v) is 8.63. The van der Waals surface area contributed by atoms with Crippen LogP contribution in [-0.2, 0) is 0 Å². The SMILES string of the molecule is COc1c(F)cc(C)c(C(=O)O)c1OC. The first-order valence-corrected chi connectivity index (χ1v) is 4.17. The summed E-state index contributed by atoms with van der Waals surface area (Å²) in [6, 6.07) is 1.10. The summed E-state index contributed by atoms with van der Waals surface area (Å²) in [7, 11) is 2.52. The van der Waals surface area contributed by atoms with Gasteiger partial charge in [0.1, 0.15) is 5.56 Å². The molecule has 1 aromatic rings. The van der Waals surface area contributed by atoms with Gasteiger partial charge in [-0.2, -0.15) is 0 Å². The monoisotopic (exact) mass is 214 g/mol. The van der Waals surface area contributed by atoms with Crippen molar-refractivity contribution in [3.8, 4) is 11.5 Å². The highest BCUT2D eigenvalue weighted by Crippen LogP contribution is 2.35. The van der Waals surface area contributed by atoms with E-state index in [4.69, 9.17) is 14.6 Å². The number of halogens is 1. The number of benzene rings is 1. The van der Waals surface area contributed by atoms with E-state index in [0.717, 1.165) is 6.07 Å². The van der Waals surface area contributed by atoms with E-state index in [2.05, 4.69) is 0 Å². The van der Waals surface area contributed by atoms with Gasteiger partial charge in [-0.25, -0.2) is 9.18 Å². The summed E-state index contributed by atoms with van der Waals surface area (Å²) in [5.74, 6) is -2.11. The number of aryl methyl sites for hydroxylation is 1. The van der Waals surface area contributed by atoms with Crippen LogP contribution >= 0.6 is 0 Å². The Morgan fingerprint density at radius 3 is 2.27 bits per heavy atom. The van der Waals surface area contributed by atoms with Crippen LogP contribution < -0.4 is 9.47 Å². The molecule has 0 saturated heterocycles. The van der Waals surface area contributed by atoms with Gasteiger partial charge in [-0.1, -0.05) is 0 Å². The molecule has 0 aliphatic heterocycles. The van der Waals surface area contributed by atoms with Crippen LogP contribution in [0, 0.1) is 12.7 Å². The van der Waals surface area contributed by atoms with Crippen molar-refractivity contribution < 1.29 is 23.8 Å². The predicted octanol–water partition coefficient (Wildman–Crippen LogP) is 1.85. The summed E-state index contributed by atoms with van der Waals surface area (Å²) in [6.45, 7) is 1.49. The minimum Gasteiger partial charge on any atom is -0.492 e. The molecule has 5 heteroatoms. The van der Waals surface area contributed by atoms with Crippen LogP contribution in [0.25, 0.3) is 0 Å². The Morgan fingerprint density at radius 1 is 1.33 bits per heavy atom. The van der Waals surface area contributed by atoms with Crippen molar-refractivity contribution in [1.29, 1.82) is 0 Å². The molecule has 0 aromatic heterocycles. The van der Waals surface area contributed by atoms with Gasteiger partial charge in [-0.15, -0.1) is 0 Å². The van der Waals surface area contributed by atoms with Gasteiger partial charge in [0.25, 0.3) is 0 Å². The number of aromatic carboxylic acids is 1. The molecule has 0 radical (unpaired) electrons. The standard InChI is InChI=1S/C10H11FO4/c1-5-4-6(11)8(14-2)9(15-3)7(5)10(12)13/h4H,1-3H3,(H,12,13). The summed E-state index contributed by atoms with van der Waals surface area (Å²) in [6.07, 6.45) is 0. The lowest BCUT2D eigenvalue weighted by atomic mass is 10.1. The fourth-order valence-corrected chi connectivity index (χ4v) is 1.38. The molecule has 0 aliphatic rings. The van der Waals surface area contributed by atoms with Crippen LogP contribution in [-0.4, -0.2) is 25.3 Å². The Hall–Kier alpha value is -1.78. The molecule has 0 amide bonds. The molecule has 0 heterocycles. The maximum Gasteiger partial charge on any atom is 0.339 e. The van der Waals surface area contributed by atoms with E-state index >= 15 is 0 Å². The average molecular weight is 214 g/mol. The summed E-state index contributed by atoms with van der Waals surface area (Å²) in [5, 5.41) is 8.93. The molecule has 0 atom stereocenters. The number of carbonyl (C=O) groups is 1. The molecule has 1 rings (SSSR count). The molecule has 0 fully saturated rings. The summed E-state index contributed by atoms with van der Waals surface area (Å²) in [5.41, 5.74) is 0.202. The fraction of sp³-hybridized carbons (Fsp3) is 0.300. The number of carboxylic acids is 1. The van der Waals surface area contributed by atoms with Gasteiger partial charge in [0.05, 0.1) is 14.2 Å². The maximum atomic E-state index is 13.3. The molecule has 0 aliphatic carbocycles. The Kier molecular flexibility index (Phi) is 3.14. The van der Waals surface area contributed by atoms with E-state index in [1.165, 1.54) is 21.1 Å². The molecule has 0 saturated carbocycles. The summed E-state index contributed by atoms with van der Waals surface area (Å²) >= 11 is 0. The Bertz CT molecular complexity index is 401. The van der Waals surface area contributed by atoms with E-state index < -0.39 is 11.8 Å². The number of carboxylic acid groups (broad SMARTS) is 1. The zero-order chi connectivity index (χ0) is 11.6. The van der Waals surface area contributed by atoms with Crippen molar-refractivity contribution >= 4 is 5.97 Å². The Labute approximate surface area is 86.2 Å². The fourth-order valence-electron chi connectivity index (χ4n) is 1.38. The van der Waals surface area contributed by atoms with Crippen molar-refractivity contribution in [2.24, 2.45) is 0 Å². The second kappa shape index (κ2) is 4.16.